The van der Waals surface area contributed by atoms with Crippen LogP contribution in [0.3, 0.4) is 0 Å². The van der Waals surface area contributed by atoms with E-state index in [0.717, 1.165) is 12.8 Å². The summed E-state index contributed by atoms with van der Waals surface area (Å²) in [6.45, 7) is 7.77. The van der Waals surface area contributed by atoms with E-state index in [1.54, 1.807) is 0 Å². The second-order valence-corrected chi connectivity index (χ2v) is 6.07. The van der Waals surface area contributed by atoms with Crippen LogP contribution in [0.15, 0.2) is 0 Å². The molecule has 0 fully saturated rings. The van der Waals surface area contributed by atoms with Crippen molar-refractivity contribution >= 4 is 17.9 Å². The first-order chi connectivity index (χ1) is 11.3. The Hall–Kier alpha value is -1.63. The predicted molar refractivity (Wildman–Crippen MR) is 89.2 cm³/mol. The molecule has 0 spiro atoms. The summed E-state index contributed by atoms with van der Waals surface area (Å²) < 4.78 is 15.9. The lowest BCUT2D eigenvalue weighted by Gasteiger charge is -2.33. The molecule has 0 aromatic heterocycles. The van der Waals surface area contributed by atoms with Crippen molar-refractivity contribution in [3.63, 3.8) is 0 Å². The van der Waals surface area contributed by atoms with Gasteiger partial charge in [-0.3, -0.25) is 14.4 Å². The Labute approximate surface area is 144 Å². The van der Waals surface area contributed by atoms with Gasteiger partial charge in [-0.05, 0) is 12.8 Å². The Morgan fingerprint density at radius 1 is 0.750 bits per heavy atom. The Bertz CT molecular complexity index is 373. The van der Waals surface area contributed by atoms with Crippen LogP contribution in [-0.4, -0.2) is 68.9 Å². The molecule has 0 aliphatic carbocycles. The number of carbonyl (C=O) groups is 3. The highest BCUT2D eigenvalue weighted by molar-refractivity contribution is 5.69. The molecular formula is C17H32NO6+. The SMILES string of the molecule is CCCC(=O)OCC[N+](C)(CCOC(C)=O)CCOC(=O)CCC. The van der Waals surface area contributed by atoms with Crippen LogP contribution in [0.25, 0.3) is 0 Å². The van der Waals surface area contributed by atoms with E-state index < -0.39 is 0 Å². The molecule has 0 unspecified atom stereocenters. The minimum Gasteiger partial charge on any atom is -0.460 e. The van der Waals surface area contributed by atoms with Crippen molar-refractivity contribution in [2.24, 2.45) is 0 Å². The van der Waals surface area contributed by atoms with E-state index in [2.05, 4.69) is 0 Å². The van der Waals surface area contributed by atoms with Gasteiger partial charge >= 0.3 is 17.9 Å². The number of hydrogen-bond acceptors (Lipinski definition) is 6. The van der Waals surface area contributed by atoms with Gasteiger partial charge in [-0.2, -0.15) is 0 Å². The number of likely N-dealkylation sites (N-methyl/N-ethyl adjacent to an activating group) is 1. The molecule has 0 rings (SSSR count). The van der Waals surface area contributed by atoms with Gasteiger partial charge in [0.25, 0.3) is 0 Å². The van der Waals surface area contributed by atoms with Gasteiger partial charge in [-0.25, -0.2) is 0 Å². The summed E-state index contributed by atoms with van der Waals surface area (Å²) in [6.07, 6.45) is 2.33. The number of quaternary nitrogens is 1. The molecule has 7 heteroatoms. The fourth-order valence-electron chi connectivity index (χ4n) is 2.06. The summed E-state index contributed by atoms with van der Waals surface area (Å²) in [5, 5.41) is 0. The number of hydrogen-bond donors (Lipinski definition) is 0. The molecule has 0 aromatic carbocycles. The molecule has 0 bridgehead atoms. The maximum absolute atomic E-state index is 11.4. The number of rotatable bonds is 13. The minimum atomic E-state index is -0.328. The maximum Gasteiger partial charge on any atom is 0.305 e. The molecule has 24 heavy (non-hydrogen) atoms. The van der Waals surface area contributed by atoms with Crippen LogP contribution in [0.2, 0.25) is 0 Å². The highest BCUT2D eigenvalue weighted by Gasteiger charge is 2.23. The molecular weight excluding hydrogens is 314 g/mol. The van der Waals surface area contributed by atoms with Gasteiger partial charge in [0.2, 0.25) is 0 Å². The average Bonchev–Trinajstić information content (AvgIpc) is 2.47. The Morgan fingerprint density at radius 3 is 1.46 bits per heavy atom. The summed E-state index contributed by atoms with van der Waals surface area (Å²) in [7, 11) is 1.96. The zero-order chi connectivity index (χ0) is 18.4. The molecule has 0 saturated heterocycles. The Balaban J connectivity index is 4.38. The van der Waals surface area contributed by atoms with Crippen molar-refractivity contribution in [3.05, 3.63) is 0 Å². The lowest BCUT2D eigenvalue weighted by Crippen LogP contribution is -2.51. The molecule has 0 heterocycles. The minimum absolute atomic E-state index is 0.210. The molecule has 140 valence electrons. The highest BCUT2D eigenvalue weighted by atomic mass is 16.5. The molecule has 0 atom stereocenters. The predicted octanol–water partition coefficient (Wildman–Crippen LogP) is 1.68. The lowest BCUT2D eigenvalue weighted by molar-refractivity contribution is -0.910. The molecule has 0 amide bonds. The summed E-state index contributed by atoms with van der Waals surface area (Å²) in [4.78, 5) is 33.8. The van der Waals surface area contributed by atoms with Crippen LogP contribution < -0.4 is 0 Å². The van der Waals surface area contributed by atoms with Gasteiger partial charge in [0.05, 0.1) is 7.05 Å². The van der Waals surface area contributed by atoms with Gasteiger partial charge in [-0.1, -0.05) is 13.8 Å². The van der Waals surface area contributed by atoms with Crippen molar-refractivity contribution in [3.8, 4) is 0 Å². The second-order valence-electron chi connectivity index (χ2n) is 6.07. The zero-order valence-electron chi connectivity index (χ0n) is 15.5. The van der Waals surface area contributed by atoms with Crippen molar-refractivity contribution in [1.82, 2.24) is 0 Å². The summed E-state index contributed by atoms with van der Waals surface area (Å²) in [5.41, 5.74) is 0. The van der Waals surface area contributed by atoms with E-state index in [4.69, 9.17) is 14.2 Å². The summed E-state index contributed by atoms with van der Waals surface area (Å²) in [5.74, 6) is -0.748. The molecule has 0 aliphatic heterocycles. The summed E-state index contributed by atoms with van der Waals surface area (Å²) in [6, 6.07) is 0. The van der Waals surface area contributed by atoms with Gasteiger partial charge in [0.1, 0.15) is 39.5 Å². The normalized spacial score (nSPS) is 11.0. The molecule has 0 aliphatic rings. The van der Waals surface area contributed by atoms with Gasteiger partial charge < -0.3 is 18.7 Å². The molecule has 7 nitrogen and oxygen atoms in total. The topological polar surface area (TPSA) is 78.9 Å². The second kappa shape index (κ2) is 12.8. The first-order valence-electron chi connectivity index (χ1n) is 8.61. The summed E-state index contributed by atoms with van der Waals surface area (Å²) >= 11 is 0. The van der Waals surface area contributed by atoms with E-state index in [1.807, 2.05) is 20.9 Å². The quantitative estimate of drug-likeness (QED) is 0.287. The average molecular weight is 346 g/mol. The van der Waals surface area contributed by atoms with Crippen molar-refractivity contribution in [2.75, 3.05) is 46.5 Å². The first-order valence-corrected chi connectivity index (χ1v) is 8.61. The van der Waals surface area contributed by atoms with E-state index in [-0.39, 0.29) is 37.7 Å². The molecule has 0 saturated carbocycles. The number of carbonyl (C=O) groups excluding carboxylic acids is 3. The lowest BCUT2D eigenvalue weighted by atomic mass is 10.3. The monoisotopic (exact) mass is 346 g/mol. The van der Waals surface area contributed by atoms with E-state index >= 15 is 0 Å². The third-order valence-corrected chi connectivity index (χ3v) is 3.63. The fourth-order valence-corrected chi connectivity index (χ4v) is 2.06. The highest BCUT2D eigenvalue weighted by Crippen LogP contribution is 2.04. The molecule has 0 radical (unpaired) electrons. The molecule has 0 aromatic rings. The van der Waals surface area contributed by atoms with Gasteiger partial charge in [0.15, 0.2) is 0 Å². The Kier molecular flexibility index (Phi) is 11.9. The fraction of sp³-hybridized carbons (Fsp3) is 0.824. The number of ether oxygens (including phenoxy) is 3. The smallest absolute Gasteiger partial charge is 0.305 e. The van der Waals surface area contributed by atoms with Gasteiger partial charge in [-0.15, -0.1) is 0 Å². The van der Waals surface area contributed by atoms with Crippen molar-refractivity contribution in [2.45, 2.75) is 46.5 Å². The first kappa shape index (κ1) is 22.4. The van der Waals surface area contributed by atoms with Crippen LogP contribution in [0.5, 0.6) is 0 Å². The van der Waals surface area contributed by atoms with E-state index in [1.165, 1.54) is 6.92 Å². The maximum atomic E-state index is 11.4. The van der Waals surface area contributed by atoms with Crippen LogP contribution in [-0.2, 0) is 28.6 Å². The standard InChI is InChI=1S/C17H32NO6/c1-5-7-16(20)23-13-10-18(4,9-12-22-15(3)19)11-14-24-17(21)8-6-2/h5-14H2,1-4H3/q+1. The van der Waals surface area contributed by atoms with Gasteiger partial charge in [0, 0.05) is 19.8 Å². The zero-order valence-corrected chi connectivity index (χ0v) is 15.5. The van der Waals surface area contributed by atoms with Crippen LogP contribution >= 0.6 is 0 Å². The van der Waals surface area contributed by atoms with Crippen LogP contribution in [0, 0.1) is 0 Å². The number of nitrogens with zero attached hydrogens (tertiary/aromatic N) is 1. The van der Waals surface area contributed by atoms with E-state index in [9.17, 15) is 14.4 Å². The largest absolute Gasteiger partial charge is 0.460 e. The van der Waals surface area contributed by atoms with Crippen LogP contribution in [0.4, 0.5) is 0 Å². The third kappa shape index (κ3) is 11.9. The number of esters is 3. The Morgan fingerprint density at radius 2 is 1.12 bits per heavy atom. The van der Waals surface area contributed by atoms with Crippen molar-refractivity contribution in [1.29, 1.82) is 0 Å². The van der Waals surface area contributed by atoms with E-state index in [0.29, 0.717) is 37.0 Å². The molecule has 0 N–H and O–H groups in total. The van der Waals surface area contributed by atoms with Crippen LogP contribution in [0.1, 0.15) is 46.5 Å². The third-order valence-electron chi connectivity index (χ3n) is 3.63. The van der Waals surface area contributed by atoms with Crippen molar-refractivity contribution < 1.29 is 33.1 Å².